The molecule has 5 nitrogen and oxygen atoms in total. The zero-order valence-electron chi connectivity index (χ0n) is 20.9. The summed E-state index contributed by atoms with van der Waals surface area (Å²) in [5, 5.41) is 8.93. The van der Waals surface area contributed by atoms with Crippen LogP contribution < -0.4 is 4.74 Å². The van der Waals surface area contributed by atoms with Crippen molar-refractivity contribution in [2.24, 2.45) is 0 Å². The minimum absolute atomic E-state index is 0.181. The second-order valence-corrected chi connectivity index (χ2v) is 8.74. The molecule has 0 saturated heterocycles. The number of carboxylic acids is 1. The van der Waals surface area contributed by atoms with Gasteiger partial charge in [-0.1, -0.05) is 76.3 Å². The number of nitrogens with zero attached hydrogens (tertiary/aromatic N) is 1. The first kappa shape index (κ1) is 27.2. The average Bonchev–Trinajstić information content (AvgIpc) is 2.83. The van der Waals surface area contributed by atoms with Gasteiger partial charge in [0.25, 0.3) is 0 Å². The van der Waals surface area contributed by atoms with Gasteiger partial charge >= 0.3 is 5.97 Å². The number of unbranched alkanes of at least 4 members (excludes halogenated alkanes) is 5. The largest absolute Gasteiger partial charge is 0.493 e. The van der Waals surface area contributed by atoms with Gasteiger partial charge in [-0.2, -0.15) is 0 Å². The molecule has 0 spiro atoms. The van der Waals surface area contributed by atoms with E-state index in [4.69, 9.17) is 9.84 Å². The molecule has 1 amide bonds. The third-order valence-corrected chi connectivity index (χ3v) is 5.76. The van der Waals surface area contributed by atoms with E-state index in [1.807, 2.05) is 43.4 Å². The fourth-order valence-electron chi connectivity index (χ4n) is 3.76. The molecular weight excluding hydrogens is 426 g/mol. The van der Waals surface area contributed by atoms with E-state index in [0.29, 0.717) is 19.6 Å². The molecule has 2 rings (SSSR count). The van der Waals surface area contributed by atoms with Crippen molar-refractivity contribution in [3.8, 4) is 16.9 Å². The SMILES string of the molecule is CCCCCCCC(=O)N(C)Cc1cccc(-c2ccc(C=CC(=O)O)cc2OCCCC)c1. The topological polar surface area (TPSA) is 66.8 Å². The van der Waals surface area contributed by atoms with Crippen molar-refractivity contribution in [1.29, 1.82) is 0 Å². The molecule has 0 aliphatic rings. The maximum absolute atomic E-state index is 12.5. The van der Waals surface area contributed by atoms with E-state index in [1.54, 1.807) is 11.0 Å². The van der Waals surface area contributed by atoms with Crippen LogP contribution in [0.15, 0.2) is 48.5 Å². The fraction of sp³-hybridized carbons (Fsp3) is 0.448. The van der Waals surface area contributed by atoms with Gasteiger partial charge in [0.2, 0.25) is 5.91 Å². The lowest BCUT2D eigenvalue weighted by molar-refractivity contribution is -0.131. The summed E-state index contributed by atoms with van der Waals surface area (Å²) >= 11 is 0. The van der Waals surface area contributed by atoms with Crippen molar-refractivity contribution in [3.05, 3.63) is 59.7 Å². The quantitative estimate of drug-likeness (QED) is 0.228. The van der Waals surface area contributed by atoms with Crippen molar-refractivity contribution < 1.29 is 19.4 Å². The Kier molecular flexibility index (Phi) is 11.9. The number of amides is 1. The first-order valence-electron chi connectivity index (χ1n) is 12.5. The highest BCUT2D eigenvalue weighted by Crippen LogP contribution is 2.32. The third-order valence-electron chi connectivity index (χ3n) is 5.76. The molecule has 0 aromatic heterocycles. The van der Waals surface area contributed by atoms with E-state index in [0.717, 1.165) is 59.8 Å². The van der Waals surface area contributed by atoms with E-state index in [-0.39, 0.29) is 5.91 Å². The molecule has 0 atom stereocenters. The van der Waals surface area contributed by atoms with E-state index in [9.17, 15) is 9.59 Å². The molecule has 0 bridgehead atoms. The second kappa shape index (κ2) is 14.9. The Hall–Kier alpha value is -3.08. The first-order chi connectivity index (χ1) is 16.4. The molecule has 2 aromatic carbocycles. The van der Waals surface area contributed by atoms with Gasteiger partial charge in [0.1, 0.15) is 5.75 Å². The van der Waals surface area contributed by atoms with Crippen LogP contribution in [0.5, 0.6) is 5.75 Å². The molecule has 0 radical (unpaired) electrons. The van der Waals surface area contributed by atoms with Crippen LogP contribution in [0.1, 0.15) is 76.3 Å². The predicted molar refractivity (Wildman–Crippen MR) is 139 cm³/mol. The number of carboxylic acid groups (broad SMARTS) is 1. The molecule has 0 saturated carbocycles. The maximum atomic E-state index is 12.5. The molecule has 0 heterocycles. The van der Waals surface area contributed by atoms with Gasteiger partial charge < -0.3 is 14.7 Å². The van der Waals surface area contributed by atoms with Crippen molar-refractivity contribution in [2.75, 3.05) is 13.7 Å². The highest BCUT2D eigenvalue weighted by atomic mass is 16.5. The van der Waals surface area contributed by atoms with Gasteiger partial charge in [0, 0.05) is 31.7 Å². The second-order valence-electron chi connectivity index (χ2n) is 8.74. The minimum Gasteiger partial charge on any atom is -0.493 e. The van der Waals surface area contributed by atoms with E-state index >= 15 is 0 Å². The van der Waals surface area contributed by atoms with Crippen LogP contribution in [-0.2, 0) is 16.1 Å². The van der Waals surface area contributed by atoms with Crippen LogP contribution in [0.25, 0.3) is 17.2 Å². The van der Waals surface area contributed by atoms with Crippen molar-refractivity contribution >= 4 is 18.0 Å². The molecule has 0 aliphatic heterocycles. The molecular formula is C29H39NO4. The molecule has 34 heavy (non-hydrogen) atoms. The minimum atomic E-state index is -0.982. The van der Waals surface area contributed by atoms with Crippen molar-refractivity contribution in [3.63, 3.8) is 0 Å². The molecule has 5 heteroatoms. The van der Waals surface area contributed by atoms with Gasteiger partial charge in [-0.15, -0.1) is 0 Å². The summed E-state index contributed by atoms with van der Waals surface area (Å²) in [6.45, 7) is 5.47. The monoisotopic (exact) mass is 465 g/mol. The van der Waals surface area contributed by atoms with Crippen LogP contribution >= 0.6 is 0 Å². The summed E-state index contributed by atoms with van der Waals surface area (Å²) in [5.41, 5.74) is 3.81. The fourth-order valence-corrected chi connectivity index (χ4v) is 3.76. The summed E-state index contributed by atoms with van der Waals surface area (Å²) < 4.78 is 6.06. The molecule has 2 aromatic rings. The smallest absolute Gasteiger partial charge is 0.328 e. The van der Waals surface area contributed by atoms with Gasteiger partial charge in [0.05, 0.1) is 6.61 Å². The number of rotatable bonds is 15. The summed E-state index contributed by atoms with van der Waals surface area (Å²) in [6, 6.07) is 13.9. The Labute approximate surface area is 204 Å². The predicted octanol–water partition coefficient (Wildman–Crippen LogP) is 6.95. The molecule has 1 N–H and O–H groups in total. The first-order valence-corrected chi connectivity index (χ1v) is 12.5. The molecule has 0 aliphatic carbocycles. The standard InChI is InChI=1S/C29H39NO4/c1-4-6-8-9-10-14-28(31)30(3)22-24-12-11-13-25(20-24)26-17-15-23(16-18-29(32)33)21-27(26)34-19-7-5-2/h11-13,15-18,20-21H,4-10,14,19,22H2,1-3H3,(H,32,33). The highest BCUT2D eigenvalue weighted by molar-refractivity contribution is 5.86. The molecule has 0 fully saturated rings. The number of hydrogen-bond donors (Lipinski definition) is 1. The third kappa shape index (κ3) is 9.42. The number of benzene rings is 2. The van der Waals surface area contributed by atoms with E-state index in [2.05, 4.69) is 19.9 Å². The zero-order chi connectivity index (χ0) is 24.8. The number of carbonyl (C=O) groups is 2. The average molecular weight is 466 g/mol. The number of hydrogen-bond acceptors (Lipinski definition) is 3. The van der Waals surface area contributed by atoms with Gasteiger partial charge in [-0.3, -0.25) is 4.79 Å². The summed E-state index contributed by atoms with van der Waals surface area (Å²) in [4.78, 5) is 25.2. The van der Waals surface area contributed by atoms with Gasteiger partial charge in [0.15, 0.2) is 0 Å². The Balaban J connectivity index is 2.14. The van der Waals surface area contributed by atoms with Crippen LogP contribution in [0.2, 0.25) is 0 Å². The number of carbonyl (C=O) groups excluding carboxylic acids is 1. The summed E-state index contributed by atoms with van der Waals surface area (Å²) in [5.74, 6) is -0.0698. The van der Waals surface area contributed by atoms with E-state index in [1.165, 1.54) is 19.3 Å². The summed E-state index contributed by atoms with van der Waals surface area (Å²) in [7, 11) is 1.86. The van der Waals surface area contributed by atoms with Crippen LogP contribution in [-0.4, -0.2) is 35.5 Å². The molecule has 0 unspecified atom stereocenters. The maximum Gasteiger partial charge on any atom is 0.328 e. The molecule has 184 valence electrons. The van der Waals surface area contributed by atoms with Crippen molar-refractivity contribution in [1.82, 2.24) is 4.90 Å². The number of ether oxygens (including phenoxy) is 1. The van der Waals surface area contributed by atoms with E-state index < -0.39 is 5.97 Å². The Morgan fingerprint density at radius 1 is 0.971 bits per heavy atom. The van der Waals surface area contributed by atoms with Crippen LogP contribution in [0, 0.1) is 0 Å². The lowest BCUT2D eigenvalue weighted by Crippen LogP contribution is -2.25. The lowest BCUT2D eigenvalue weighted by Gasteiger charge is -2.18. The Morgan fingerprint density at radius 2 is 1.74 bits per heavy atom. The van der Waals surface area contributed by atoms with Gasteiger partial charge in [-0.05, 0) is 47.7 Å². The Morgan fingerprint density at radius 3 is 2.47 bits per heavy atom. The normalized spacial score (nSPS) is 11.0. The Bertz CT molecular complexity index is 951. The lowest BCUT2D eigenvalue weighted by atomic mass is 10.00. The summed E-state index contributed by atoms with van der Waals surface area (Å²) in [6.07, 6.45) is 11.0. The van der Waals surface area contributed by atoms with Crippen LogP contribution in [0.3, 0.4) is 0 Å². The number of aliphatic carboxylic acids is 1. The van der Waals surface area contributed by atoms with Crippen LogP contribution in [0.4, 0.5) is 0 Å². The zero-order valence-corrected chi connectivity index (χ0v) is 20.9. The van der Waals surface area contributed by atoms with Crippen molar-refractivity contribution in [2.45, 2.75) is 71.8 Å². The highest BCUT2D eigenvalue weighted by Gasteiger charge is 2.12. The van der Waals surface area contributed by atoms with Gasteiger partial charge in [-0.25, -0.2) is 4.79 Å².